The summed E-state index contributed by atoms with van der Waals surface area (Å²) in [6.45, 7) is 2.31. The number of halogens is 3. The summed E-state index contributed by atoms with van der Waals surface area (Å²) in [5.74, 6) is 0.469. The number of hydrogen-bond acceptors (Lipinski definition) is 5. The van der Waals surface area contributed by atoms with Gasteiger partial charge in [0.2, 0.25) is 0 Å². The van der Waals surface area contributed by atoms with Crippen molar-refractivity contribution in [3.05, 3.63) is 12.0 Å². The van der Waals surface area contributed by atoms with E-state index in [1.165, 1.54) is 12.8 Å². The van der Waals surface area contributed by atoms with E-state index >= 15 is 0 Å². The van der Waals surface area contributed by atoms with Crippen LogP contribution in [-0.2, 0) is 19.5 Å². The van der Waals surface area contributed by atoms with Crippen LogP contribution in [0.2, 0.25) is 0 Å². The number of nitrogens with one attached hydrogen (secondary N) is 1. The van der Waals surface area contributed by atoms with Crippen molar-refractivity contribution < 1.29 is 13.2 Å². The van der Waals surface area contributed by atoms with Gasteiger partial charge in [-0.15, -0.1) is 5.10 Å². The predicted octanol–water partition coefficient (Wildman–Crippen LogP) is 2.19. The molecule has 25 heavy (non-hydrogen) atoms. The van der Waals surface area contributed by atoms with Crippen molar-refractivity contribution in [2.24, 2.45) is 0 Å². The number of nitrogens with zero attached hydrogens (tertiary/aromatic N) is 6. The lowest BCUT2D eigenvalue weighted by atomic mass is 10.0. The van der Waals surface area contributed by atoms with Crippen LogP contribution in [0, 0.1) is 0 Å². The average molecular weight is 357 g/mol. The Hall–Kier alpha value is -1.97. The zero-order valence-electron chi connectivity index (χ0n) is 14.1. The molecule has 1 atom stereocenters. The summed E-state index contributed by atoms with van der Waals surface area (Å²) < 4.78 is 40.7. The van der Waals surface area contributed by atoms with Gasteiger partial charge in [0.25, 0.3) is 0 Å². The van der Waals surface area contributed by atoms with Gasteiger partial charge in [0.05, 0.1) is 6.20 Å². The number of piperidine rings is 1. The molecule has 0 saturated carbocycles. The molecule has 7 nitrogen and oxygen atoms in total. The maximum Gasteiger partial charge on any atom is 0.408 e. The molecule has 0 amide bonds. The fraction of sp³-hybridized carbons (Fsp3) is 0.733. The number of aryl methyl sites for hydroxylation is 2. The van der Waals surface area contributed by atoms with E-state index in [0.29, 0.717) is 30.5 Å². The number of rotatable bonds is 6. The van der Waals surface area contributed by atoms with E-state index in [0.717, 1.165) is 24.1 Å². The molecule has 2 aromatic heterocycles. The summed E-state index contributed by atoms with van der Waals surface area (Å²) in [4.78, 5) is 4.17. The average Bonchev–Trinajstić information content (AvgIpc) is 3.19. The SMILES string of the molecule is CCc1nc(-c2cn(CCC3CCCCN3)nn2)n(CC(F)(F)F)n1. The van der Waals surface area contributed by atoms with E-state index in [1.54, 1.807) is 17.8 Å². The quantitative estimate of drug-likeness (QED) is 0.858. The summed E-state index contributed by atoms with van der Waals surface area (Å²) in [6.07, 6.45) is 2.22. The van der Waals surface area contributed by atoms with Crippen LogP contribution in [0.4, 0.5) is 13.2 Å². The highest BCUT2D eigenvalue weighted by Gasteiger charge is 2.31. The van der Waals surface area contributed by atoms with Gasteiger partial charge in [-0.05, 0) is 25.8 Å². The fourth-order valence-corrected chi connectivity index (χ4v) is 2.98. The third kappa shape index (κ3) is 4.77. The van der Waals surface area contributed by atoms with Crippen molar-refractivity contribution in [1.82, 2.24) is 35.1 Å². The molecule has 1 unspecified atom stereocenters. The first-order chi connectivity index (χ1) is 11.9. The Balaban J connectivity index is 1.71. The molecule has 138 valence electrons. The van der Waals surface area contributed by atoms with Crippen molar-refractivity contribution in [3.8, 4) is 11.5 Å². The molecule has 0 aliphatic carbocycles. The van der Waals surface area contributed by atoms with E-state index in [9.17, 15) is 13.2 Å². The molecule has 0 spiro atoms. The lowest BCUT2D eigenvalue weighted by Crippen LogP contribution is -2.34. The van der Waals surface area contributed by atoms with Gasteiger partial charge in [-0.2, -0.15) is 18.3 Å². The summed E-state index contributed by atoms with van der Waals surface area (Å²) in [5.41, 5.74) is 0.313. The van der Waals surface area contributed by atoms with Crippen LogP contribution >= 0.6 is 0 Å². The van der Waals surface area contributed by atoms with Crippen LogP contribution in [0.1, 0.15) is 38.4 Å². The molecule has 1 aliphatic heterocycles. The molecular weight excluding hydrogens is 335 g/mol. The Morgan fingerprint density at radius 2 is 2.16 bits per heavy atom. The van der Waals surface area contributed by atoms with Crippen molar-refractivity contribution >= 4 is 0 Å². The van der Waals surface area contributed by atoms with Gasteiger partial charge >= 0.3 is 6.18 Å². The molecular formula is C15H22F3N7. The van der Waals surface area contributed by atoms with Crippen molar-refractivity contribution in [1.29, 1.82) is 0 Å². The van der Waals surface area contributed by atoms with E-state index in [1.807, 2.05) is 0 Å². The third-order valence-electron chi connectivity index (χ3n) is 4.25. The molecule has 1 N–H and O–H groups in total. The lowest BCUT2D eigenvalue weighted by molar-refractivity contribution is -0.142. The summed E-state index contributed by atoms with van der Waals surface area (Å²) in [6, 6.07) is 0.460. The van der Waals surface area contributed by atoms with E-state index in [4.69, 9.17) is 0 Å². The topological polar surface area (TPSA) is 73.5 Å². The lowest BCUT2D eigenvalue weighted by Gasteiger charge is -2.23. The highest BCUT2D eigenvalue weighted by atomic mass is 19.4. The van der Waals surface area contributed by atoms with Crippen molar-refractivity contribution in [3.63, 3.8) is 0 Å². The Labute approximate surface area is 143 Å². The van der Waals surface area contributed by atoms with Gasteiger partial charge in [-0.25, -0.2) is 9.67 Å². The third-order valence-corrected chi connectivity index (χ3v) is 4.25. The van der Waals surface area contributed by atoms with Crippen LogP contribution in [0.5, 0.6) is 0 Å². The highest BCUT2D eigenvalue weighted by Crippen LogP contribution is 2.22. The van der Waals surface area contributed by atoms with Gasteiger partial charge < -0.3 is 5.32 Å². The van der Waals surface area contributed by atoms with Gasteiger partial charge in [-0.3, -0.25) is 4.68 Å². The van der Waals surface area contributed by atoms with Crippen LogP contribution < -0.4 is 5.32 Å². The van der Waals surface area contributed by atoms with Crippen LogP contribution in [0.3, 0.4) is 0 Å². The van der Waals surface area contributed by atoms with E-state index in [-0.39, 0.29) is 5.82 Å². The van der Waals surface area contributed by atoms with Crippen LogP contribution in [-0.4, -0.2) is 48.5 Å². The summed E-state index contributed by atoms with van der Waals surface area (Å²) >= 11 is 0. The van der Waals surface area contributed by atoms with E-state index in [2.05, 4.69) is 25.7 Å². The minimum absolute atomic E-state index is 0.108. The molecule has 3 rings (SSSR count). The molecule has 1 saturated heterocycles. The van der Waals surface area contributed by atoms with Gasteiger partial charge in [0.1, 0.15) is 12.2 Å². The van der Waals surface area contributed by atoms with Crippen LogP contribution in [0.15, 0.2) is 6.20 Å². The predicted molar refractivity (Wildman–Crippen MR) is 84.7 cm³/mol. The zero-order valence-corrected chi connectivity index (χ0v) is 14.1. The van der Waals surface area contributed by atoms with Gasteiger partial charge in [-0.1, -0.05) is 18.6 Å². The number of alkyl halides is 3. The first-order valence-corrected chi connectivity index (χ1v) is 8.59. The summed E-state index contributed by atoms with van der Waals surface area (Å²) in [7, 11) is 0. The minimum atomic E-state index is -4.36. The maximum atomic E-state index is 12.7. The van der Waals surface area contributed by atoms with Crippen LogP contribution in [0.25, 0.3) is 11.5 Å². The summed E-state index contributed by atoms with van der Waals surface area (Å²) in [5, 5.41) is 15.4. The largest absolute Gasteiger partial charge is 0.408 e. The molecule has 2 aromatic rings. The Morgan fingerprint density at radius 1 is 1.32 bits per heavy atom. The normalized spacial score (nSPS) is 18.6. The van der Waals surface area contributed by atoms with Gasteiger partial charge in [0, 0.05) is 19.0 Å². The number of hydrogen-bond donors (Lipinski definition) is 1. The monoisotopic (exact) mass is 357 g/mol. The van der Waals surface area contributed by atoms with Crippen molar-refractivity contribution in [2.45, 2.75) is 64.3 Å². The smallest absolute Gasteiger partial charge is 0.314 e. The second kappa shape index (κ2) is 7.51. The minimum Gasteiger partial charge on any atom is -0.314 e. The molecule has 10 heteroatoms. The molecule has 0 aromatic carbocycles. The molecule has 0 radical (unpaired) electrons. The fourth-order valence-electron chi connectivity index (χ4n) is 2.98. The molecule has 1 aliphatic rings. The molecule has 3 heterocycles. The second-order valence-corrected chi connectivity index (χ2v) is 6.28. The molecule has 0 bridgehead atoms. The Kier molecular flexibility index (Phi) is 5.36. The Bertz CT molecular complexity index is 686. The maximum absolute atomic E-state index is 12.7. The standard InChI is InChI=1S/C15H22F3N7/c1-2-13-20-14(25(22-13)10-15(16,17)18)12-9-24(23-21-12)8-6-11-5-3-4-7-19-11/h9,11,19H,2-8,10H2,1H3. The zero-order chi connectivity index (χ0) is 17.9. The first-order valence-electron chi connectivity index (χ1n) is 8.59. The van der Waals surface area contributed by atoms with Crippen molar-refractivity contribution in [2.75, 3.05) is 6.54 Å². The first kappa shape index (κ1) is 17.8. The number of aromatic nitrogens is 6. The highest BCUT2D eigenvalue weighted by molar-refractivity contribution is 5.47. The van der Waals surface area contributed by atoms with Gasteiger partial charge in [0.15, 0.2) is 11.6 Å². The second-order valence-electron chi connectivity index (χ2n) is 6.28. The molecule has 1 fully saturated rings. The Morgan fingerprint density at radius 3 is 2.84 bits per heavy atom. The van der Waals surface area contributed by atoms with E-state index < -0.39 is 12.7 Å².